The molecule has 0 heterocycles. The third-order valence-electron chi connectivity index (χ3n) is 6.32. The first kappa shape index (κ1) is 31.2. The van der Waals surface area contributed by atoms with Gasteiger partial charge in [-0.05, 0) is 83.0 Å². The molecule has 0 spiro atoms. The lowest BCUT2D eigenvalue weighted by molar-refractivity contribution is -0.141. The van der Waals surface area contributed by atoms with Gasteiger partial charge >= 0.3 is 0 Å². The summed E-state index contributed by atoms with van der Waals surface area (Å²) in [6.07, 6.45) is 0.352. The number of sulfonamides is 1. The van der Waals surface area contributed by atoms with Gasteiger partial charge in [0.05, 0.1) is 10.6 Å². The van der Waals surface area contributed by atoms with Crippen molar-refractivity contribution in [2.75, 3.05) is 10.8 Å². The van der Waals surface area contributed by atoms with Crippen LogP contribution in [0.25, 0.3) is 0 Å². The number of carbonyl (C=O) groups is 2. The van der Waals surface area contributed by atoms with Crippen LogP contribution in [-0.4, -0.2) is 43.3 Å². The Morgan fingerprint density at radius 2 is 1.55 bits per heavy atom. The molecule has 0 bridgehead atoms. The van der Waals surface area contributed by atoms with Crippen LogP contribution >= 0.6 is 11.6 Å². The smallest absolute Gasteiger partial charge is 0.264 e. The normalized spacial score (nSPS) is 12.5. The van der Waals surface area contributed by atoms with Gasteiger partial charge in [-0.15, -0.1) is 0 Å². The van der Waals surface area contributed by atoms with Gasteiger partial charge in [0.1, 0.15) is 12.6 Å². The number of hydrogen-bond acceptors (Lipinski definition) is 4. The summed E-state index contributed by atoms with van der Waals surface area (Å²) in [6.45, 7) is 10.9. The second kappa shape index (κ2) is 12.9. The van der Waals surface area contributed by atoms with Gasteiger partial charge in [0.2, 0.25) is 11.8 Å². The minimum atomic E-state index is -4.13. The highest BCUT2D eigenvalue weighted by Gasteiger charge is 2.34. The fourth-order valence-electron chi connectivity index (χ4n) is 4.35. The van der Waals surface area contributed by atoms with Crippen molar-refractivity contribution in [1.82, 2.24) is 10.2 Å². The van der Waals surface area contributed by atoms with Crippen LogP contribution in [0.2, 0.25) is 5.02 Å². The van der Waals surface area contributed by atoms with Crippen LogP contribution in [0.1, 0.15) is 50.8 Å². The molecule has 3 aromatic carbocycles. The van der Waals surface area contributed by atoms with Crippen molar-refractivity contribution in [3.05, 3.63) is 94.5 Å². The zero-order valence-electron chi connectivity index (χ0n) is 23.9. The molecule has 2 amide bonds. The van der Waals surface area contributed by atoms with Crippen LogP contribution < -0.4 is 9.62 Å². The monoisotopic (exact) mass is 583 g/mol. The fourth-order valence-corrected chi connectivity index (χ4v) is 5.89. The van der Waals surface area contributed by atoms with Gasteiger partial charge in [0, 0.05) is 17.1 Å². The van der Waals surface area contributed by atoms with Gasteiger partial charge in [-0.2, -0.15) is 0 Å². The first-order valence-corrected chi connectivity index (χ1v) is 15.0. The minimum Gasteiger partial charge on any atom is -0.350 e. The zero-order valence-corrected chi connectivity index (χ0v) is 25.5. The molecule has 0 aliphatic heterocycles. The van der Waals surface area contributed by atoms with E-state index < -0.39 is 34.1 Å². The summed E-state index contributed by atoms with van der Waals surface area (Å²) in [5.74, 6) is -0.793. The van der Waals surface area contributed by atoms with E-state index in [0.29, 0.717) is 17.1 Å². The topological polar surface area (TPSA) is 86.8 Å². The Kier molecular flexibility index (Phi) is 10.0. The number of rotatable bonds is 10. The van der Waals surface area contributed by atoms with E-state index in [9.17, 15) is 18.0 Å². The molecule has 0 aliphatic rings. The molecular weight excluding hydrogens is 546 g/mol. The average Bonchev–Trinajstić information content (AvgIpc) is 2.87. The highest BCUT2D eigenvalue weighted by atomic mass is 35.5. The Morgan fingerprint density at radius 1 is 0.925 bits per heavy atom. The maximum Gasteiger partial charge on any atom is 0.264 e. The van der Waals surface area contributed by atoms with E-state index in [0.717, 1.165) is 21.0 Å². The second-order valence-corrected chi connectivity index (χ2v) is 13.3. The number of amides is 2. The zero-order chi connectivity index (χ0) is 29.7. The van der Waals surface area contributed by atoms with Gasteiger partial charge in [-0.3, -0.25) is 13.9 Å². The maximum atomic E-state index is 14.1. The number of anilines is 1. The summed E-state index contributed by atoms with van der Waals surface area (Å²) >= 11 is 6.08. The SMILES string of the molecule is CC[C@H](C(=O)NC(C)(C)C)N(Cc1cccc(C)c1)C(=O)CN(c1ccc(Cl)cc1)S(=O)(=O)c1ccc(C)cc1. The molecule has 1 atom stereocenters. The molecule has 0 unspecified atom stereocenters. The molecule has 7 nitrogen and oxygen atoms in total. The number of aryl methyl sites for hydroxylation is 2. The maximum absolute atomic E-state index is 14.1. The van der Waals surface area contributed by atoms with E-state index >= 15 is 0 Å². The lowest BCUT2D eigenvalue weighted by Gasteiger charge is -2.34. The first-order valence-electron chi connectivity index (χ1n) is 13.2. The Hall–Kier alpha value is -3.36. The highest BCUT2D eigenvalue weighted by molar-refractivity contribution is 7.92. The van der Waals surface area contributed by atoms with E-state index in [1.807, 2.05) is 65.8 Å². The summed E-state index contributed by atoms with van der Waals surface area (Å²) in [4.78, 5) is 29.0. The molecule has 0 saturated heterocycles. The van der Waals surface area contributed by atoms with Crippen LogP contribution in [0.4, 0.5) is 5.69 Å². The molecule has 40 heavy (non-hydrogen) atoms. The standard InChI is InChI=1S/C31H38ClN3O4S/c1-7-28(30(37)33-31(4,5)6)34(20-24-10-8-9-23(3)19-24)29(36)21-35(26-15-13-25(32)14-16-26)40(38,39)27-17-11-22(2)12-18-27/h8-19,28H,7,20-21H2,1-6H3,(H,33,37)/t28-/m1/s1. The van der Waals surface area contributed by atoms with Crippen molar-refractivity contribution in [1.29, 1.82) is 0 Å². The van der Waals surface area contributed by atoms with Crippen molar-refractivity contribution < 1.29 is 18.0 Å². The highest BCUT2D eigenvalue weighted by Crippen LogP contribution is 2.26. The van der Waals surface area contributed by atoms with E-state index in [-0.39, 0.29) is 17.3 Å². The minimum absolute atomic E-state index is 0.0589. The predicted molar refractivity (Wildman–Crippen MR) is 161 cm³/mol. The Morgan fingerprint density at radius 3 is 2.10 bits per heavy atom. The molecule has 9 heteroatoms. The van der Waals surface area contributed by atoms with E-state index in [1.165, 1.54) is 17.0 Å². The van der Waals surface area contributed by atoms with E-state index in [4.69, 9.17) is 11.6 Å². The summed E-state index contributed by atoms with van der Waals surface area (Å²) in [5, 5.41) is 3.41. The van der Waals surface area contributed by atoms with Crippen LogP contribution in [-0.2, 0) is 26.2 Å². The molecule has 0 radical (unpaired) electrons. The number of nitrogens with zero attached hydrogens (tertiary/aromatic N) is 2. The predicted octanol–water partition coefficient (Wildman–Crippen LogP) is 5.87. The Balaban J connectivity index is 2.07. The van der Waals surface area contributed by atoms with Crippen LogP contribution in [0, 0.1) is 13.8 Å². The molecular formula is C31H38ClN3O4S. The van der Waals surface area contributed by atoms with Crippen molar-refractivity contribution in [2.45, 2.75) is 71.0 Å². The van der Waals surface area contributed by atoms with Crippen LogP contribution in [0.3, 0.4) is 0 Å². The van der Waals surface area contributed by atoms with Crippen LogP contribution in [0.15, 0.2) is 77.7 Å². The van der Waals surface area contributed by atoms with E-state index in [1.54, 1.807) is 36.4 Å². The quantitative estimate of drug-likeness (QED) is 0.323. The number of benzene rings is 3. The number of carbonyl (C=O) groups excluding carboxylic acids is 2. The molecule has 3 aromatic rings. The fraction of sp³-hybridized carbons (Fsp3) is 0.355. The third-order valence-corrected chi connectivity index (χ3v) is 8.36. The number of hydrogen-bond donors (Lipinski definition) is 1. The molecule has 3 rings (SSSR count). The largest absolute Gasteiger partial charge is 0.350 e. The number of halogens is 1. The van der Waals surface area contributed by atoms with Crippen LogP contribution in [0.5, 0.6) is 0 Å². The van der Waals surface area contributed by atoms with Gasteiger partial charge in [-0.1, -0.05) is 66.0 Å². The van der Waals surface area contributed by atoms with Gasteiger partial charge < -0.3 is 10.2 Å². The van der Waals surface area contributed by atoms with Crippen molar-refractivity contribution in [3.63, 3.8) is 0 Å². The van der Waals surface area contributed by atoms with Crippen molar-refractivity contribution in [3.8, 4) is 0 Å². The Labute approximate surface area is 243 Å². The van der Waals surface area contributed by atoms with Crippen molar-refractivity contribution >= 4 is 39.1 Å². The molecule has 0 fully saturated rings. The molecule has 0 aromatic heterocycles. The summed E-state index contributed by atoms with van der Waals surface area (Å²) in [7, 11) is -4.13. The van der Waals surface area contributed by atoms with Crippen molar-refractivity contribution in [2.24, 2.45) is 0 Å². The first-order chi connectivity index (χ1) is 18.7. The summed E-state index contributed by atoms with van der Waals surface area (Å²) < 4.78 is 28.9. The molecule has 214 valence electrons. The summed E-state index contributed by atoms with van der Waals surface area (Å²) in [5.41, 5.74) is 2.55. The third kappa shape index (κ3) is 8.08. The van der Waals surface area contributed by atoms with Gasteiger partial charge in [0.25, 0.3) is 10.0 Å². The Bertz CT molecular complexity index is 1430. The van der Waals surface area contributed by atoms with Gasteiger partial charge in [-0.25, -0.2) is 8.42 Å². The molecule has 0 saturated carbocycles. The molecule has 1 N–H and O–H groups in total. The average molecular weight is 584 g/mol. The molecule has 0 aliphatic carbocycles. The summed E-state index contributed by atoms with van der Waals surface area (Å²) in [6, 6.07) is 19.6. The lowest BCUT2D eigenvalue weighted by Crippen LogP contribution is -2.55. The lowest BCUT2D eigenvalue weighted by atomic mass is 10.0. The van der Waals surface area contributed by atoms with Gasteiger partial charge in [0.15, 0.2) is 0 Å². The second-order valence-electron chi connectivity index (χ2n) is 11.0. The van der Waals surface area contributed by atoms with E-state index in [2.05, 4.69) is 5.32 Å². The number of nitrogens with one attached hydrogen (secondary N) is 1.